The predicted molar refractivity (Wildman–Crippen MR) is 82.8 cm³/mol. The third-order valence-corrected chi connectivity index (χ3v) is 4.42. The Morgan fingerprint density at radius 3 is 3.05 bits per heavy atom. The zero-order chi connectivity index (χ0) is 15.1. The van der Waals surface area contributed by atoms with E-state index >= 15 is 0 Å². The molecule has 1 saturated heterocycles. The number of halogens is 1. The first-order valence-corrected chi connectivity index (χ1v) is 8.00. The third-order valence-electron chi connectivity index (χ3n) is 4.25. The average molecular weight is 321 g/mol. The van der Waals surface area contributed by atoms with Crippen molar-refractivity contribution in [3.05, 3.63) is 11.6 Å². The first kappa shape index (κ1) is 13.8. The first-order chi connectivity index (χ1) is 10.7. The molecule has 8 heteroatoms. The van der Waals surface area contributed by atoms with E-state index in [2.05, 4.69) is 30.2 Å². The van der Waals surface area contributed by atoms with E-state index in [9.17, 15) is 4.79 Å². The molecule has 1 saturated carbocycles. The van der Waals surface area contributed by atoms with Crippen LogP contribution < -0.4 is 10.2 Å². The molecule has 3 heterocycles. The molecule has 4 rings (SSSR count). The normalized spacial score (nSPS) is 22.0. The van der Waals surface area contributed by atoms with Crippen LogP contribution in [0.2, 0.25) is 5.28 Å². The van der Waals surface area contributed by atoms with Crippen molar-refractivity contribution in [2.24, 2.45) is 5.92 Å². The second kappa shape index (κ2) is 5.39. The number of aromatic nitrogens is 4. The number of amides is 1. The Morgan fingerprint density at radius 1 is 1.36 bits per heavy atom. The van der Waals surface area contributed by atoms with E-state index in [1.165, 1.54) is 0 Å². The van der Waals surface area contributed by atoms with Gasteiger partial charge in [-0.1, -0.05) is 0 Å². The van der Waals surface area contributed by atoms with Crippen LogP contribution in [-0.4, -0.2) is 45.0 Å². The number of anilines is 1. The summed E-state index contributed by atoms with van der Waals surface area (Å²) in [5.41, 5.74) is 1.33. The van der Waals surface area contributed by atoms with Gasteiger partial charge in [-0.25, -0.2) is 4.98 Å². The molecule has 7 nitrogen and oxygen atoms in total. The monoisotopic (exact) mass is 320 g/mol. The summed E-state index contributed by atoms with van der Waals surface area (Å²) in [6, 6.07) is 0.399. The Morgan fingerprint density at radius 2 is 2.23 bits per heavy atom. The molecule has 0 bridgehead atoms. The molecule has 2 fully saturated rings. The molecule has 0 spiro atoms. The molecule has 22 heavy (non-hydrogen) atoms. The molecule has 1 unspecified atom stereocenters. The minimum absolute atomic E-state index is 0.000984. The molecule has 0 radical (unpaired) electrons. The number of carbonyl (C=O) groups excluding carboxylic acids is 1. The summed E-state index contributed by atoms with van der Waals surface area (Å²) >= 11 is 5.99. The topological polar surface area (TPSA) is 86.8 Å². The lowest BCUT2D eigenvalue weighted by atomic mass is 9.97. The Labute approximate surface area is 132 Å². The van der Waals surface area contributed by atoms with Gasteiger partial charge in [0, 0.05) is 19.1 Å². The third kappa shape index (κ3) is 2.61. The number of piperidine rings is 1. The van der Waals surface area contributed by atoms with Gasteiger partial charge in [-0.15, -0.1) is 0 Å². The highest BCUT2D eigenvalue weighted by molar-refractivity contribution is 6.28. The van der Waals surface area contributed by atoms with Gasteiger partial charge in [0.25, 0.3) is 0 Å². The molecule has 1 atom stereocenters. The number of nitrogens with zero attached hydrogens (tertiary/aromatic N) is 4. The first-order valence-electron chi connectivity index (χ1n) is 7.62. The van der Waals surface area contributed by atoms with Gasteiger partial charge in [-0.2, -0.15) is 9.97 Å². The molecule has 116 valence electrons. The fourth-order valence-electron chi connectivity index (χ4n) is 2.95. The summed E-state index contributed by atoms with van der Waals surface area (Å²) in [5.74, 6) is 0.894. The van der Waals surface area contributed by atoms with E-state index in [0.29, 0.717) is 18.2 Å². The van der Waals surface area contributed by atoms with E-state index in [0.717, 1.165) is 43.6 Å². The number of fused-ring (bicyclic) bond motifs is 1. The van der Waals surface area contributed by atoms with Crippen LogP contribution in [0.5, 0.6) is 0 Å². The van der Waals surface area contributed by atoms with Crippen molar-refractivity contribution < 1.29 is 4.79 Å². The highest BCUT2D eigenvalue weighted by Gasteiger charge is 2.31. The predicted octanol–water partition coefficient (Wildman–Crippen LogP) is 1.50. The van der Waals surface area contributed by atoms with Crippen molar-refractivity contribution in [1.29, 1.82) is 0 Å². The van der Waals surface area contributed by atoms with Crippen molar-refractivity contribution >= 4 is 34.5 Å². The molecular weight excluding hydrogens is 304 g/mol. The summed E-state index contributed by atoms with van der Waals surface area (Å²) < 4.78 is 0. The second-order valence-electron chi connectivity index (χ2n) is 5.99. The van der Waals surface area contributed by atoms with Crippen LogP contribution in [0.1, 0.15) is 25.7 Å². The number of hydrogen-bond acceptors (Lipinski definition) is 5. The maximum absolute atomic E-state index is 12.3. The van der Waals surface area contributed by atoms with Crippen LogP contribution >= 0.6 is 11.6 Å². The summed E-state index contributed by atoms with van der Waals surface area (Å²) in [7, 11) is 0. The van der Waals surface area contributed by atoms with Gasteiger partial charge in [0.1, 0.15) is 5.52 Å². The highest BCUT2D eigenvalue weighted by Crippen LogP contribution is 2.28. The van der Waals surface area contributed by atoms with Crippen LogP contribution in [-0.2, 0) is 4.79 Å². The molecule has 2 aromatic rings. The van der Waals surface area contributed by atoms with E-state index in [1.807, 2.05) is 0 Å². The maximum Gasteiger partial charge on any atom is 0.226 e. The van der Waals surface area contributed by atoms with Crippen molar-refractivity contribution in [3.8, 4) is 0 Å². The van der Waals surface area contributed by atoms with Crippen LogP contribution in [0, 0.1) is 5.92 Å². The van der Waals surface area contributed by atoms with Gasteiger partial charge in [0.15, 0.2) is 11.5 Å². The molecule has 1 aliphatic heterocycles. The van der Waals surface area contributed by atoms with Gasteiger partial charge in [0.05, 0.1) is 12.2 Å². The molecule has 1 aliphatic carbocycles. The van der Waals surface area contributed by atoms with Gasteiger partial charge < -0.3 is 15.2 Å². The van der Waals surface area contributed by atoms with Gasteiger partial charge >= 0.3 is 0 Å². The SMILES string of the molecule is O=C(NC1CC1)C1CCCN(c2nc(Cl)nc3nc[nH]c23)C1. The Bertz CT molecular complexity index is 712. The Hall–Kier alpha value is -1.89. The summed E-state index contributed by atoms with van der Waals surface area (Å²) in [6.45, 7) is 1.51. The van der Waals surface area contributed by atoms with E-state index < -0.39 is 0 Å². The minimum Gasteiger partial charge on any atom is -0.354 e. The van der Waals surface area contributed by atoms with Gasteiger partial charge in [-0.05, 0) is 37.3 Å². The number of nitrogens with one attached hydrogen (secondary N) is 2. The Balaban J connectivity index is 1.58. The van der Waals surface area contributed by atoms with Gasteiger partial charge in [0.2, 0.25) is 11.2 Å². The quantitative estimate of drug-likeness (QED) is 0.837. The van der Waals surface area contributed by atoms with E-state index in [1.54, 1.807) is 6.33 Å². The fraction of sp³-hybridized carbons (Fsp3) is 0.571. The van der Waals surface area contributed by atoms with Crippen molar-refractivity contribution in [3.63, 3.8) is 0 Å². The number of hydrogen-bond donors (Lipinski definition) is 2. The molecule has 2 aliphatic rings. The van der Waals surface area contributed by atoms with Crippen molar-refractivity contribution in [2.75, 3.05) is 18.0 Å². The van der Waals surface area contributed by atoms with Gasteiger partial charge in [-0.3, -0.25) is 4.79 Å². The van der Waals surface area contributed by atoms with Crippen molar-refractivity contribution in [2.45, 2.75) is 31.7 Å². The molecular formula is C14H17ClN6O. The minimum atomic E-state index is 0.000984. The number of carbonyl (C=O) groups is 1. The number of rotatable bonds is 3. The van der Waals surface area contributed by atoms with E-state index in [-0.39, 0.29) is 17.1 Å². The standard InChI is InChI=1S/C14H17ClN6O/c15-14-19-11-10(16-7-17-11)12(20-14)21-5-1-2-8(6-21)13(22)18-9-3-4-9/h7-9H,1-6H2,(H,18,22)(H,16,17,19,20). The second-order valence-corrected chi connectivity index (χ2v) is 6.32. The van der Waals surface area contributed by atoms with Crippen LogP contribution in [0.3, 0.4) is 0 Å². The lowest BCUT2D eigenvalue weighted by Gasteiger charge is -2.33. The lowest BCUT2D eigenvalue weighted by molar-refractivity contribution is -0.125. The summed E-state index contributed by atoms with van der Waals surface area (Å²) in [6.07, 6.45) is 5.68. The van der Waals surface area contributed by atoms with Crippen LogP contribution in [0.15, 0.2) is 6.33 Å². The number of H-pyrrole nitrogens is 1. The fourth-order valence-corrected chi connectivity index (χ4v) is 3.11. The zero-order valence-electron chi connectivity index (χ0n) is 12.0. The smallest absolute Gasteiger partial charge is 0.226 e. The summed E-state index contributed by atoms with van der Waals surface area (Å²) in [4.78, 5) is 30.0. The number of imidazole rings is 1. The summed E-state index contributed by atoms with van der Waals surface area (Å²) in [5, 5.41) is 3.27. The zero-order valence-corrected chi connectivity index (χ0v) is 12.8. The largest absolute Gasteiger partial charge is 0.354 e. The van der Waals surface area contributed by atoms with Crippen LogP contribution in [0.25, 0.3) is 11.2 Å². The Kier molecular flexibility index (Phi) is 3.37. The molecule has 0 aromatic carbocycles. The van der Waals surface area contributed by atoms with E-state index in [4.69, 9.17) is 11.6 Å². The number of aromatic amines is 1. The molecule has 1 amide bonds. The maximum atomic E-state index is 12.3. The van der Waals surface area contributed by atoms with Crippen molar-refractivity contribution in [1.82, 2.24) is 25.3 Å². The molecule has 2 aromatic heterocycles. The average Bonchev–Trinajstić information content (AvgIpc) is 3.21. The lowest BCUT2D eigenvalue weighted by Crippen LogP contribution is -2.44. The van der Waals surface area contributed by atoms with Crippen LogP contribution in [0.4, 0.5) is 5.82 Å². The highest BCUT2D eigenvalue weighted by atomic mass is 35.5. The molecule has 2 N–H and O–H groups in total.